The number of unbranched alkanes of at least 4 members (excludes halogenated alkanes) is 15. The second-order valence-electron chi connectivity index (χ2n) is 9.24. The van der Waals surface area contributed by atoms with Gasteiger partial charge in [-0.3, -0.25) is 9.59 Å². The van der Waals surface area contributed by atoms with Crippen LogP contribution in [0.2, 0.25) is 0 Å². The van der Waals surface area contributed by atoms with E-state index in [0.717, 1.165) is 25.7 Å². The fourth-order valence-corrected chi connectivity index (χ4v) is 4.06. The maximum Gasteiger partial charge on any atom is 0.306 e. The zero-order valence-electron chi connectivity index (χ0n) is 20.8. The van der Waals surface area contributed by atoms with Gasteiger partial charge in [-0.2, -0.15) is 0 Å². The molecule has 0 aromatic rings. The SMILES string of the molecule is CCCCCCCCCCCC(CCCCCCCCC)OC(=O)CCCCC(=O)O. The van der Waals surface area contributed by atoms with Crippen LogP contribution in [-0.4, -0.2) is 23.1 Å². The molecule has 0 aliphatic heterocycles. The van der Waals surface area contributed by atoms with Crippen molar-refractivity contribution in [3.63, 3.8) is 0 Å². The maximum atomic E-state index is 12.2. The van der Waals surface area contributed by atoms with Gasteiger partial charge in [0.1, 0.15) is 6.10 Å². The lowest BCUT2D eigenvalue weighted by Crippen LogP contribution is -2.18. The minimum absolute atomic E-state index is 0.0483. The fourth-order valence-electron chi connectivity index (χ4n) is 4.06. The molecule has 0 aromatic heterocycles. The van der Waals surface area contributed by atoms with Gasteiger partial charge in [0.05, 0.1) is 0 Å². The van der Waals surface area contributed by atoms with Crippen molar-refractivity contribution in [3.8, 4) is 0 Å². The monoisotopic (exact) mass is 440 g/mol. The predicted octanol–water partition coefficient (Wildman–Crippen LogP) is 8.60. The Morgan fingerprint density at radius 1 is 0.581 bits per heavy atom. The topological polar surface area (TPSA) is 63.6 Å². The Bertz CT molecular complexity index is 408. The molecule has 4 nitrogen and oxygen atoms in total. The van der Waals surface area contributed by atoms with Crippen molar-refractivity contribution in [2.24, 2.45) is 0 Å². The van der Waals surface area contributed by atoms with Crippen LogP contribution in [0.5, 0.6) is 0 Å². The molecule has 0 saturated heterocycles. The van der Waals surface area contributed by atoms with E-state index in [4.69, 9.17) is 9.84 Å². The lowest BCUT2D eigenvalue weighted by Gasteiger charge is -2.18. The number of rotatable bonds is 24. The number of carbonyl (C=O) groups is 2. The van der Waals surface area contributed by atoms with Gasteiger partial charge in [-0.1, -0.05) is 104 Å². The summed E-state index contributed by atoms with van der Waals surface area (Å²) in [5, 5.41) is 8.71. The van der Waals surface area contributed by atoms with Crippen LogP contribution in [0.4, 0.5) is 0 Å². The molecule has 4 heteroatoms. The Kier molecular flexibility index (Phi) is 22.8. The van der Waals surface area contributed by atoms with Crippen LogP contribution in [0.1, 0.15) is 155 Å². The first-order chi connectivity index (χ1) is 15.1. The molecule has 0 fully saturated rings. The first-order valence-electron chi connectivity index (χ1n) is 13.5. The lowest BCUT2D eigenvalue weighted by molar-refractivity contribution is -0.150. The number of esters is 1. The van der Waals surface area contributed by atoms with E-state index in [2.05, 4.69) is 13.8 Å². The largest absolute Gasteiger partial charge is 0.481 e. The number of aliphatic carboxylic acids is 1. The molecular weight excluding hydrogens is 388 g/mol. The van der Waals surface area contributed by atoms with Gasteiger partial charge in [0.2, 0.25) is 0 Å². The van der Waals surface area contributed by atoms with Crippen molar-refractivity contribution < 1.29 is 19.4 Å². The van der Waals surface area contributed by atoms with Gasteiger partial charge in [-0.25, -0.2) is 0 Å². The van der Waals surface area contributed by atoms with Gasteiger partial charge >= 0.3 is 11.9 Å². The van der Waals surface area contributed by atoms with E-state index < -0.39 is 5.97 Å². The van der Waals surface area contributed by atoms with Gasteiger partial charge in [-0.05, 0) is 38.5 Å². The molecule has 1 atom stereocenters. The van der Waals surface area contributed by atoms with Crippen molar-refractivity contribution in [3.05, 3.63) is 0 Å². The number of hydrogen-bond acceptors (Lipinski definition) is 3. The van der Waals surface area contributed by atoms with Crippen molar-refractivity contribution in [1.82, 2.24) is 0 Å². The van der Waals surface area contributed by atoms with E-state index in [1.54, 1.807) is 0 Å². The van der Waals surface area contributed by atoms with Crippen LogP contribution >= 0.6 is 0 Å². The lowest BCUT2D eigenvalue weighted by atomic mass is 10.0. The van der Waals surface area contributed by atoms with Gasteiger partial charge in [0, 0.05) is 12.8 Å². The minimum atomic E-state index is -0.796. The van der Waals surface area contributed by atoms with Crippen LogP contribution in [0.3, 0.4) is 0 Å². The highest BCUT2D eigenvalue weighted by atomic mass is 16.5. The van der Waals surface area contributed by atoms with E-state index in [1.165, 1.54) is 89.9 Å². The molecular formula is C27H52O4. The van der Waals surface area contributed by atoms with Crippen LogP contribution in [-0.2, 0) is 14.3 Å². The first kappa shape index (κ1) is 29.9. The smallest absolute Gasteiger partial charge is 0.306 e. The third-order valence-electron chi connectivity index (χ3n) is 6.08. The summed E-state index contributed by atoms with van der Waals surface area (Å²) >= 11 is 0. The van der Waals surface area contributed by atoms with E-state index in [9.17, 15) is 9.59 Å². The zero-order valence-corrected chi connectivity index (χ0v) is 20.8. The van der Waals surface area contributed by atoms with E-state index in [-0.39, 0.29) is 18.5 Å². The molecule has 1 N–H and O–H groups in total. The number of carboxylic acid groups (broad SMARTS) is 1. The molecule has 0 rings (SSSR count). The van der Waals surface area contributed by atoms with Crippen molar-refractivity contribution in [2.75, 3.05) is 0 Å². The molecule has 0 aromatic carbocycles. The Morgan fingerprint density at radius 2 is 0.968 bits per heavy atom. The summed E-state index contributed by atoms with van der Waals surface area (Å²) in [7, 11) is 0. The molecule has 1 unspecified atom stereocenters. The molecule has 0 aliphatic rings. The summed E-state index contributed by atoms with van der Waals surface area (Å²) in [5.74, 6) is -0.940. The summed E-state index contributed by atoms with van der Waals surface area (Å²) in [6, 6.07) is 0. The Labute approximate surface area is 192 Å². The number of hydrogen-bond donors (Lipinski definition) is 1. The van der Waals surface area contributed by atoms with Crippen LogP contribution < -0.4 is 0 Å². The Morgan fingerprint density at radius 3 is 1.39 bits per heavy atom. The van der Waals surface area contributed by atoms with E-state index in [1.807, 2.05) is 0 Å². The van der Waals surface area contributed by atoms with E-state index in [0.29, 0.717) is 19.3 Å². The standard InChI is InChI=1S/C27H52O4/c1-3-5-7-9-11-12-14-16-18-22-25(21-17-15-13-10-8-6-4-2)31-27(30)24-20-19-23-26(28)29/h25H,3-24H2,1-2H3,(H,28,29). The maximum absolute atomic E-state index is 12.2. The molecule has 0 aliphatic carbocycles. The molecule has 184 valence electrons. The number of carboxylic acids is 1. The number of carbonyl (C=O) groups excluding carboxylic acids is 1. The predicted molar refractivity (Wildman–Crippen MR) is 130 cm³/mol. The summed E-state index contributed by atoms with van der Waals surface area (Å²) in [6.07, 6.45) is 24.3. The highest BCUT2D eigenvalue weighted by Gasteiger charge is 2.14. The average Bonchev–Trinajstić information content (AvgIpc) is 2.74. The fraction of sp³-hybridized carbons (Fsp3) is 0.926. The molecule has 0 heterocycles. The summed E-state index contributed by atoms with van der Waals surface area (Å²) in [6.45, 7) is 4.50. The highest BCUT2D eigenvalue weighted by molar-refractivity contribution is 5.70. The first-order valence-corrected chi connectivity index (χ1v) is 13.5. The third-order valence-corrected chi connectivity index (χ3v) is 6.08. The summed E-state index contributed by atoms with van der Waals surface area (Å²) in [5.41, 5.74) is 0. The van der Waals surface area contributed by atoms with Crippen molar-refractivity contribution in [2.45, 2.75) is 161 Å². The molecule has 0 spiro atoms. The summed E-state index contributed by atoms with van der Waals surface area (Å²) in [4.78, 5) is 22.8. The highest BCUT2D eigenvalue weighted by Crippen LogP contribution is 2.18. The van der Waals surface area contributed by atoms with Gasteiger partial charge in [0.15, 0.2) is 0 Å². The molecule has 0 radical (unpaired) electrons. The summed E-state index contributed by atoms with van der Waals surface area (Å²) < 4.78 is 5.79. The van der Waals surface area contributed by atoms with Crippen molar-refractivity contribution in [1.29, 1.82) is 0 Å². The molecule has 0 saturated carbocycles. The van der Waals surface area contributed by atoms with Gasteiger partial charge < -0.3 is 9.84 Å². The minimum Gasteiger partial charge on any atom is -0.481 e. The quantitative estimate of drug-likeness (QED) is 0.120. The van der Waals surface area contributed by atoms with Gasteiger partial charge in [-0.15, -0.1) is 0 Å². The normalized spacial score (nSPS) is 12.1. The second-order valence-corrected chi connectivity index (χ2v) is 9.24. The average molecular weight is 441 g/mol. The Balaban J connectivity index is 4.03. The molecule has 0 bridgehead atoms. The van der Waals surface area contributed by atoms with Crippen LogP contribution in [0.15, 0.2) is 0 Å². The third kappa shape index (κ3) is 23.4. The molecule has 31 heavy (non-hydrogen) atoms. The zero-order chi connectivity index (χ0) is 23.0. The van der Waals surface area contributed by atoms with Gasteiger partial charge in [0.25, 0.3) is 0 Å². The molecule has 0 amide bonds. The Hall–Kier alpha value is -1.06. The second kappa shape index (κ2) is 23.6. The van der Waals surface area contributed by atoms with Crippen molar-refractivity contribution >= 4 is 11.9 Å². The van der Waals surface area contributed by atoms with Crippen LogP contribution in [0.25, 0.3) is 0 Å². The number of ether oxygens (including phenoxy) is 1. The van der Waals surface area contributed by atoms with Crippen LogP contribution in [0, 0.1) is 0 Å². The van der Waals surface area contributed by atoms with E-state index >= 15 is 0 Å².